The minimum Gasteiger partial charge on any atom is -0.234 e. The van der Waals surface area contributed by atoms with Crippen molar-refractivity contribution < 1.29 is 4.57 Å². The highest BCUT2D eigenvalue weighted by atomic mass is 15.2. The lowest BCUT2D eigenvalue weighted by Gasteiger charge is -2.08. The highest BCUT2D eigenvalue weighted by Gasteiger charge is 2.18. The van der Waals surface area contributed by atoms with E-state index in [0.29, 0.717) is 6.04 Å². The van der Waals surface area contributed by atoms with Crippen LogP contribution in [0.2, 0.25) is 0 Å². The molecule has 0 N–H and O–H groups in total. The van der Waals surface area contributed by atoms with Crippen molar-refractivity contribution in [2.75, 3.05) is 0 Å². The molecule has 1 aromatic heterocycles. The number of aromatic nitrogens is 2. The molecule has 0 saturated heterocycles. The van der Waals surface area contributed by atoms with Gasteiger partial charge >= 0.3 is 0 Å². The van der Waals surface area contributed by atoms with Gasteiger partial charge in [-0.2, -0.15) is 0 Å². The topological polar surface area (TPSA) is 8.81 Å². The van der Waals surface area contributed by atoms with Gasteiger partial charge in [-0.1, -0.05) is 123 Å². The van der Waals surface area contributed by atoms with Crippen LogP contribution in [0.5, 0.6) is 0 Å². The number of imidazole rings is 1. The van der Waals surface area contributed by atoms with Gasteiger partial charge in [0.25, 0.3) is 5.82 Å². The predicted octanol–water partition coefficient (Wildman–Crippen LogP) is 9.74. The summed E-state index contributed by atoms with van der Waals surface area (Å²) in [6.07, 6.45) is 34.4. The maximum absolute atomic E-state index is 2.54. The Kier molecular flexibility index (Phi) is 19.0. The first-order valence-corrected chi connectivity index (χ1v) is 14.8. The van der Waals surface area contributed by atoms with Crippen molar-refractivity contribution in [1.29, 1.82) is 0 Å². The lowest BCUT2D eigenvalue weighted by atomic mass is 10.0. The third-order valence-electron chi connectivity index (χ3n) is 7.10. The molecule has 0 bridgehead atoms. The third kappa shape index (κ3) is 14.4. The van der Waals surface area contributed by atoms with E-state index in [-0.39, 0.29) is 0 Å². The van der Waals surface area contributed by atoms with Gasteiger partial charge in [0.15, 0.2) is 0 Å². The number of aryl methyl sites for hydroxylation is 1. The van der Waals surface area contributed by atoms with Crippen LogP contribution in [0.4, 0.5) is 0 Å². The molecular formula is C30H59N2+. The molecule has 1 rings (SSSR count). The number of hydrogen-bond acceptors (Lipinski definition) is 0. The van der Waals surface area contributed by atoms with Gasteiger partial charge < -0.3 is 0 Å². The fourth-order valence-electron chi connectivity index (χ4n) is 4.96. The summed E-state index contributed by atoms with van der Waals surface area (Å²) in [5.74, 6) is 1.55. The monoisotopic (exact) mass is 447 g/mol. The Morgan fingerprint density at radius 3 is 1.44 bits per heavy atom. The summed E-state index contributed by atoms with van der Waals surface area (Å²) in [4.78, 5) is 0. The smallest absolute Gasteiger partial charge is 0.234 e. The van der Waals surface area contributed by atoms with Crippen LogP contribution < -0.4 is 4.57 Å². The van der Waals surface area contributed by atoms with Crippen LogP contribution in [0.15, 0.2) is 12.4 Å². The first kappa shape index (κ1) is 29.2. The Hall–Kier alpha value is -0.790. The van der Waals surface area contributed by atoms with Gasteiger partial charge in [-0.3, -0.25) is 0 Å². The van der Waals surface area contributed by atoms with Gasteiger partial charge in [0.2, 0.25) is 0 Å². The summed E-state index contributed by atoms with van der Waals surface area (Å²) in [6.45, 7) is 10.4. The molecule has 0 aliphatic rings. The van der Waals surface area contributed by atoms with Crippen LogP contribution >= 0.6 is 0 Å². The average molecular weight is 448 g/mol. The van der Waals surface area contributed by atoms with Gasteiger partial charge in [0.1, 0.15) is 12.4 Å². The van der Waals surface area contributed by atoms with E-state index < -0.39 is 0 Å². The molecule has 188 valence electrons. The Balaban J connectivity index is 1.97. The largest absolute Gasteiger partial charge is 0.256 e. The zero-order valence-corrected chi connectivity index (χ0v) is 22.7. The molecular weight excluding hydrogens is 388 g/mol. The van der Waals surface area contributed by atoms with Crippen molar-refractivity contribution in [1.82, 2.24) is 4.57 Å². The summed E-state index contributed by atoms with van der Waals surface area (Å²) < 4.78 is 5.03. The lowest BCUT2D eigenvalue weighted by molar-refractivity contribution is -0.704. The van der Waals surface area contributed by atoms with E-state index in [4.69, 9.17) is 0 Å². The number of unbranched alkanes of at least 4 members (excludes halogenated alkanes) is 18. The van der Waals surface area contributed by atoms with Crippen molar-refractivity contribution in [3.8, 4) is 0 Å². The zero-order chi connectivity index (χ0) is 23.3. The summed E-state index contributed by atoms with van der Waals surface area (Å²) in [5, 5.41) is 0. The van der Waals surface area contributed by atoms with Gasteiger partial charge in [0.05, 0.1) is 12.6 Å². The molecule has 0 radical (unpaired) electrons. The van der Waals surface area contributed by atoms with Crippen LogP contribution in [0.25, 0.3) is 0 Å². The van der Waals surface area contributed by atoms with E-state index in [1.807, 2.05) is 0 Å². The van der Waals surface area contributed by atoms with Gasteiger partial charge in [-0.25, -0.2) is 9.13 Å². The highest BCUT2D eigenvalue weighted by molar-refractivity contribution is 4.86. The second-order valence-corrected chi connectivity index (χ2v) is 10.5. The molecule has 1 heterocycles. The first-order valence-electron chi connectivity index (χ1n) is 14.8. The van der Waals surface area contributed by atoms with Crippen LogP contribution in [0.1, 0.15) is 168 Å². The van der Waals surface area contributed by atoms with Crippen LogP contribution in [-0.2, 0) is 13.0 Å². The second-order valence-electron chi connectivity index (χ2n) is 10.5. The van der Waals surface area contributed by atoms with E-state index in [0.717, 1.165) is 0 Å². The number of rotatable bonds is 23. The summed E-state index contributed by atoms with van der Waals surface area (Å²) in [5.41, 5.74) is 0. The fourth-order valence-corrected chi connectivity index (χ4v) is 4.96. The van der Waals surface area contributed by atoms with Crippen molar-refractivity contribution in [3.05, 3.63) is 18.2 Å². The maximum atomic E-state index is 2.54. The maximum Gasteiger partial charge on any atom is 0.256 e. The summed E-state index contributed by atoms with van der Waals surface area (Å²) in [6, 6.07) is 0.573. The van der Waals surface area contributed by atoms with Gasteiger partial charge in [-0.15, -0.1) is 0 Å². The zero-order valence-electron chi connectivity index (χ0n) is 22.7. The molecule has 0 unspecified atom stereocenters. The number of hydrogen-bond donors (Lipinski definition) is 0. The third-order valence-corrected chi connectivity index (χ3v) is 7.10. The number of nitrogens with zero attached hydrogens (tertiary/aromatic N) is 2. The molecule has 32 heavy (non-hydrogen) atoms. The molecule has 2 nitrogen and oxygen atoms in total. The van der Waals surface area contributed by atoms with E-state index in [1.54, 1.807) is 5.82 Å². The predicted molar refractivity (Wildman–Crippen MR) is 142 cm³/mol. The van der Waals surface area contributed by atoms with Crippen LogP contribution in [-0.4, -0.2) is 4.57 Å². The van der Waals surface area contributed by atoms with E-state index >= 15 is 0 Å². The first-order chi connectivity index (χ1) is 15.7. The minimum absolute atomic E-state index is 0.573. The molecule has 2 heteroatoms. The van der Waals surface area contributed by atoms with Crippen LogP contribution in [0, 0.1) is 0 Å². The highest BCUT2D eigenvalue weighted by Crippen LogP contribution is 2.15. The van der Waals surface area contributed by atoms with Gasteiger partial charge in [-0.05, 0) is 33.1 Å². The van der Waals surface area contributed by atoms with Crippen molar-refractivity contribution >= 4 is 0 Å². The molecule has 1 aromatic rings. The molecule has 0 atom stereocenters. The SMILES string of the molecule is CCCCCCCCCCCCCCCCCCC[n+]1ccn(C(C)C)c1CCCCC. The molecule has 0 amide bonds. The van der Waals surface area contributed by atoms with E-state index in [9.17, 15) is 0 Å². The Morgan fingerprint density at radius 1 is 0.594 bits per heavy atom. The normalized spacial score (nSPS) is 11.7. The molecule has 0 fully saturated rings. The Bertz CT molecular complexity index is 517. The van der Waals surface area contributed by atoms with E-state index in [2.05, 4.69) is 49.2 Å². The molecule has 0 aliphatic carbocycles. The Labute approximate surface area is 202 Å². The molecule has 0 saturated carbocycles. The average Bonchev–Trinajstić information content (AvgIpc) is 3.19. The van der Waals surface area contributed by atoms with E-state index in [1.165, 1.54) is 141 Å². The fraction of sp³-hybridized carbons (Fsp3) is 0.900. The lowest BCUT2D eigenvalue weighted by Crippen LogP contribution is -2.37. The second kappa shape index (κ2) is 20.8. The summed E-state index contributed by atoms with van der Waals surface area (Å²) in [7, 11) is 0. The van der Waals surface area contributed by atoms with Crippen molar-refractivity contribution in [2.45, 2.75) is 175 Å². The minimum atomic E-state index is 0.573. The standard InChI is InChI=1S/C30H59N2/c1-5-7-9-10-11-12-13-14-15-16-17-18-19-20-21-22-24-26-31-27-28-32(29(3)4)30(31)25-23-8-6-2/h27-29H,5-26H2,1-4H3/q+1. The van der Waals surface area contributed by atoms with Crippen molar-refractivity contribution in [2.24, 2.45) is 0 Å². The van der Waals surface area contributed by atoms with Crippen molar-refractivity contribution in [3.63, 3.8) is 0 Å². The quantitative estimate of drug-likeness (QED) is 0.117. The Morgan fingerprint density at radius 2 is 1.00 bits per heavy atom. The molecule has 0 spiro atoms. The van der Waals surface area contributed by atoms with Gasteiger partial charge in [0, 0.05) is 6.42 Å². The summed E-state index contributed by atoms with van der Waals surface area (Å²) >= 11 is 0. The van der Waals surface area contributed by atoms with Crippen LogP contribution in [0.3, 0.4) is 0 Å². The molecule has 0 aliphatic heterocycles. The molecule has 0 aromatic carbocycles.